The molecule has 3 aromatic rings. The van der Waals surface area contributed by atoms with Crippen molar-refractivity contribution < 1.29 is 9.18 Å². The Morgan fingerprint density at radius 1 is 1.40 bits per heavy atom. The summed E-state index contributed by atoms with van der Waals surface area (Å²) < 4.78 is 14.0. The molecule has 1 N–H and O–H groups in total. The Hall–Kier alpha value is -1.94. The average molecular weight is 287 g/mol. The summed E-state index contributed by atoms with van der Waals surface area (Å²) >= 11 is 1.42. The van der Waals surface area contributed by atoms with Crippen molar-refractivity contribution in [3.63, 3.8) is 0 Å². The molecule has 0 atom stereocenters. The standard InChI is InChI=1S/C16H14FNOS/c1-2-4-14(19)15-7-10(9-20-15)11-8-18-13-6-3-5-12(17)16(11)13/h3,5-9,18H,2,4H2,1H3. The van der Waals surface area contributed by atoms with Crippen molar-refractivity contribution in [2.45, 2.75) is 19.8 Å². The lowest BCUT2D eigenvalue weighted by atomic mass is 10.1. The molecule has 102 valence electrons. The van der Waals surface area contributed by atoms with Crippen LogP contribution in [-0.4, -0.2) is 10.8 Å². The summed E-state index contributed by atoms with van der Waals surface area (Å²) in [7, 11) is 0. The Morgan fingerprint density at radius 3 is 3.05 bits per heavy atom. The van der Waals surface area contributed by atoms with Gasteiger partial charge in [0.15, 0.2) is 5.78 Å². The highest BCUT2D eigenvalue weighted by Gasteiger charge is 2.14. The van der Waals surface area contributed by atoms with Gasteiger partial charge in [0.25, 0.3) is 0 Å². The molecule has 0 fully saturated rings. The van der Waals surface area contributed by atoms with Crippen LogP contribution in [0.2, 0.25) is 0 Å². The van der Waals surface area contributed by atoms with Crippen molar-refractivity contribution in [1.82, 2.24) is 4.98 Å². The van der Waals surface area contributed by atoms with Gasteiger partial charge in [-0.1, -0.05) is 13.0 Å². The van der Waals surface area contributed by atoms with Gasteiger partial charge in [0.2, 0.25) is 0 Å². The van der Waals surface area contributed by atoms with Gasteiger partial charge in [-0.15, -0.1) is 11.3 Å². The molecule has 0 aliphatic carbocycles. The van der Waals surface area contributed by atoms with Crippen LogP contribution < -0.4 is 0 Å². The van der Waals surface area contributed by atoms with Crippen LogP contribution in [-0.2, 0) is 0 Å². The van der Waals surface area contributed by atoms with Crippen molar-refractivity contribution >= 4 is 28.0 Å². The first-order valence-electron chi connectivity index (χ1n) is 6.58. The number of benzene rings is 1. The molecule has 2 aromatic heterocycles. The van der Waals surface area contributed by atoms with E-state index in [0.29, 0.717) is 11.8 Å². The molecular formula is C16H14FNOS. The number of fused-ring (bicyclic) bond motifs is 1. The van der Waals surface area contributed by atoms with Gasteiger partial charge in [0.05, 0.1) is 4.88 Å². The van der Waals surface area contributed by atoms with Crippen LogP contribution in [0.3, 0.4) is 0 Å². The Bertz CT molecular complexity index is 772. The SMILES string of the molecule is CCCC(=O)c1cc(-c2c[nH]c3cccc(F)c23)cs1. The van der Waals surface area contributed by atoms with Gasteiger partial charge in [0.1, 0.15) is 5.82 Å². The number of Topliss-reactive ketones (excluding diaryl/α,β-unsaturated/α-hetero) is 1. The van der Waals surface area contributed by atoms with Crippen molar-refractivity contribution in [2.75, 3.05) is 0 Å². The molecule has 2 nitrogen and oxygen atoms in total. The molecular weight excluding hydrogens is 273 g/mol. The smallest absolute Gasteiger partial charge is 0.172 e. The van der Waals surface area contributed by atoms with E-state index in [4.69, 9.17) is 0 Å². The summed E-state index contributed by atoms with van der Waals surface area (Å²) in [6, 6.07) is 6.84. The van der Waals surface area contributed by atoms with Gasteiger partial charge in [-0.2, -0.15) is 0 Å². The topological polar surface area (TPSA) is 32.9 Å². The summed E-state index contributed by atoms with van der Waals surface area (Å²) in [4.78, 5) is 15.7. The number of hydrogen-bond acceptors (Lipinski definition) is 2. The fourth-order valence-electron chi connectivity index (χ4n) is 2.34. The van der Waals surface area contributed by atoms with Crippen LogP contribution in [0.5, 0.6) is 0 Å². The highest BCUT2D eigenvalue weighted by molar-refractivity contribution is 7.12. The third-order valence-corrected chi connectivity index (χ3v) is 4.29. The lowest BCUT2D eigenvalue weighted by Gasteiger charge is -1.97. The van der Waals surface area contributed by atoms with E-state index in [1.54, 1.807) is 12.3 Å². The highest BCUT2D eigenvalue weighted by Crippen LogP contribution is 2.33. The zero-order chi connectivity index (χ0) is 14.1. The van der Waals surface area contributed by atoms with E-state index in [1.807, 2.05) is 24.4 Å². The number of aromatic amines is 1. The van der Waals surface area contributed by atoms with E-state index >= 15 is 0 Å². The van der Waals surface area contributed by atoms with Crippen LogP contribution in [0, 0.1) is 5.82 Å². The Kier molecular flexibility index (Phi) is 3.40. The molecule has 0 saturated heterocycles. The predicted molar refractivity (Wildman–Crippen MR) is 80.8 cm³/mol. The normalized spacial score (nSPS) is 11.1. The first-order valence-corrected chi connectivity index (χ1v) is 7.46. The first-order chi connectivity index (χ1) is 9.70. The van der Waals surface area contributed by atoms with Gasteiger partial charge in [-0.25, -0.2) is 4.39 Å². The zero-order valence-electron chi connectivity index (χ0n) is 11.1. The quantitative estimate of drug-likeness (QED) is 0.672. The Labute approximate surface area is 120 Å². The van der Waals surface area contributed by atoms with Crippen LogP contribution in [0.25, 0.3) is 22.0 Å². The number of halogens is 1. The first kappa shape index (κ1) is 13.1. The molecule has 0 spiro atoms. The lowest BCUT2D eigenvalue weighted by molar-refractivity contribution is 0.0985. The molecule has 0 saturated carbocycles. The molecule has 20 heavy (non-hydrogen) atoms. The van der Waals surface area contributed by atoms with Crippen LogP contribution in [0.1, 0.15) is 29.4 Å². The molecule has 0 aliphatic rings. The summed E-state index contributed by atoms with van der Waals surface area (Å²) in [6.45, 7) is 1.99. The average Bonchev–Trinajstić information content (AvgIpc) is 3.05. The van der Waals surface area contributed by atoms with Gasteiger partial charge >= 0.3 is 0 Å². The molecule has 1 aromatic carbocycles. The number of carbonyl (C=O) groups is 1. The Morgan fingerprint density at radius 2 is 2.25 bits per heavy atom. The van der Waals surface area contributed by atoms with E-state index in [2.05, 4.69) is 4.98 Å². The van der Waals surface area contributed by atoms with Crippen molar-refractivity contribution in [3.05, 3.63) is 46.5 Å². The van der Waals surface area contributed by atoms with Gasteiger partial charge in [-0.05, 0) is 35.6 Å². The molecule has 4 heteroatoms. The maximum atomic E-state index is 14.0. The number of ketones is 1. The molecule has 3 rings (SSSR count). The Balaban J connectivity index is 2.06. The third-order valence-electron chi connectivity index (χ3n) is 3.32. The van der Waals surface area contributed by atoms with Crippen LogP contribution in [0.4, 0.5) is 4.39 Å². The third kappa shape index (κ3) is 2.16. The molecule has 2 heterocycles. The second kappa shape index (κ2) is 5.21. The molecule has 0 aliphatic heterocycles. The minimum atomic E-state index is -0.244. The zero-order valence-corrected chi connectivity index (χ0v) is 11.9. The maximum Gasteiger partial charge on any atom is 0.172 e. The monoisotopic (exact) mass is 287 g/mol. The van der Waals surface area contributed by atoms with E-state index < -0.39 is 0 Å². The van der Waals surface area contributed by atoms with Crippen molar-refractivity contribution in [1.29, 1.82) is 0 Å². The minimum Gasteiger partial charge on any atom is -0.360 e. The second-order valence-electron chi connectivity index (χ2n) is 4.74. The number of nitrogens with one attached hydrogen (secondary N) is 1. The maximum absolute atomic E-state index is 14.0. The van der Waals surface area contributed by atoms with Crippen LogP contribution in [0.15, 0.2) is 35.8 Å². The number of thiophene rings is 1. The number of rotatable bonds is 4. The molecule has 0 unspecified atom stereocenters. The summed E-state index contributed by atoms with van der Waals surface area (Å²) in [5.74, 6) is -0.0875. The van der Waals surface area contributed by atoms with E-state index in [-0.39, 0.29) is 11.6 Å². The molecule has 0 amide bonds. The van der Waals surface area contributed by atoms with Gasteiger partial charge < -0.3 is 4.98 Å². The van der Waals surface area contributed by atoms with Crippen LogP contribution >= 0.6 is 11.3 Å². The van der Waals surface area contributed by atoms with Gasteiger partial charge in [-0.3, -0.25) is 4.79 Å². The fourth-order valence-corrected chi connectivity index (χ4v) is 3.22. The number of H-pyrrole nitrogens is 1. The summed E-state index contributed by atoms with van der Waals surface area (Å²) in [5.41, 5.74) is 2.48. The van der Waals surface area contributed by atoms with E-state index in [1.165, 1.54) is 17.4 Å². The number of carbonyl (C=O) groups excluding carboxylic acids is 1. The van der Waals surface area contributed by atoms with Crippen molar-refractivity contribution in [2.24, 2.45) is 0 Å². The fraction of sp³-hybridized carbons (Fsp3) is 0.188. The van der Waals surface area contributed by atoms with E-state index in [9.17, 15) is 9.18 Å². The second-order valence-corrected chi connectivity index (χ2v) is 5.65. The summed E-state index contributed by atoms with van der Waals surface area (Å²) in [6.07, 6.45) is 3.19. The summed E-state index contributed by atoms with van der Waals surface area (Å²) in [5, 5.41) is 2.50. The minimum absolute atomic E-state index is 0.157. The molecule has 0 bridgehead atoms. The van der Waals surface area contributed by atoms with Crippen molar-refractivity contribution in [3.8, 4) is 11.1 Å². The lowest BCUT2D eigenvalue weighted by Crippen LogP contribution is -1.93. The van der Waals surface area contributed by atoms with E-state index in [0.717, 1.165) is 27.9 Å². The number of aromatic nitrogens is 1. The highest BCUT2D eigenvalue weighted by atomic mass is 32.1. The largest absolute Gasteiger partial charge is 0.360 e. The van der Waals surface area contributed by atoms with Gasteiger partial charge in [0, 0.05) is 29.1 Å². The predicted octanol–water partition coefficient (Wildman–Crippen LogP) is 5.02. The molecule has 0 radical (unpaired) electrons. The number of hydrogen-bond donors (Lipinski definition) is 1.